The van der Waals surface area contributed by atoms with Crippen molar-refractivity contribution in [2.45, 2.75) is 20.0 Å². The highest BCUT2D eigenvalue weighted by molar-refractivity contribution is 5.69. The van der Waals surface area contributed by atoms with Crippen molar-refractivity contribution in [3.63, 3.8) is 0 Å². The lowest BCUT2D eigenvalue weighted by Crippen LogP contribution is -1.95. The van der Waals surface area contributed by atoms with E-state index in [2.05, 4.69) is 10.1 Å². The number of rotatable bonds is 6. The maximum Gasteiger partial charge on any atom is 0.170 e. The largest absolute Gasteiger partial charge is 0.489 e. The molecule has 28 heavy (non-hydrogen) atoms. The molecule has 0 fully saturated rings. The molecule has 2 heterocycles. The minimum Gasteiger partial charge on any atom is -0.489 e. The molecule has 0 unspecified atom stereocenters. The summed E-state index contributed by atoms with van der Waals surface area (Å²) in [5, 5.41) is 4.16. The molecule has 4 rings (SSSR count). The fourth-order valence-corrected chi connectivity index (χ4v) is 2.96. The van der Waals surface area contributed by atoms with Crippen LogP contribution in [-0.2, 0) is 13.0 Å². The molecule has 0 spiro atoms. The van der Waals surface area contributed by atoms with Crippen LogP contribution in [0.2, 0.25) is 0 Å². The Kier molecular flexibility index (Phi) is 5.06. The lowest BCUT2D eigenvalue weighted by Gasteiger charge is -2.07. The van der Waals surface area contributed by atoms with Gasteiger partial charge in [-0.15, -0.1) is 0 Å². The number of benzene rings is 2. The second kappa shape index (κ2) is 7.96. The lowest BCUT2D eigenvalue weighted by atomic mass is 10.1. The molecule has 0 saturated heterocycles. The Morgan fingerprint density at radius 2 is 1.71 bits per heavy atom. The summed E-state index contributed by atoms with van der Waals surface area (Å²) in [6.45, 7) is 2.46. The molecule has 0 amide bonds. The van der Waals surface area contributed by atoms with Crippen molar-refractivity contribution < 1.29 is 9.26 Å². The molecule has 5 nitrogen and oxygen atoms in total. The topological polar surface area (TPSA) is 74.2 Å². The first-order valence-corrected chi connectivity index (χ1v) is 9.12. The minimum atomic E-state index is 0.447. The number of hydrogen-bond donors (Lipinski definition) is 1. The van der Waals surface area contributed by atoms with Gasteiger partial charge in [0, 0.05) is 18.2 Å². The summed E-state index contributed by atoms with van der Waals surface area (Å²) in [4.78, 5) is 4.27. The fourth-order valence-electron chi connectivity index (χ4n) is 2.96. The molecule has 4 aromatic rings. The van der Waals surface area contributed by atoms with E-state index in [1.807, 2.05) is 79.7 Å². The summed E-state index contributed by atoms with van der Waals surface area (Å²) in [6, 6.07) is 23.8. The summed E-state index contributed by atoms with van der Waals surface area (Å²) >= 11 is 0. The monoisotopic (exact) mass is 371 g/mol. The zero-order valence-electron chi connectivity index (χ0n) is 15.6. The van der Waals surface area contributed by atoms with Gasteiger partial charge in [-0.3, -0.25) is 0 Å². The third-order valence-electron chi connectivity index (χ3n) is 4.45. The van der Waals surface area contributed by atoms with Crippen LogP contribution in [0.15, 0.2) is 77.3 Å². The van der Waals surface area contributed by atoms with Gasteiger partial charge in [-0.05, 0) is 42.3 Å². The Morgan fingerprint density at radius 3 is 2.46 bits per heavy atom. The van der Waals surface area contributed by atoms with Crippen LogP contribution >= 0.6 is 0 Å². The first-order valence-electron chi connectivity index (χ1n) is 9.12. The molecule has 0 saturated carbocycles. The Balaban J connectivity index is 1.40. The number of nitrogen functional groups attached to an aromatic ring is 1. The van der Waals surface area contributed by atoms with Gasteiger partial charge in [-0.2, -0.15) is 0 Å². The van der Waals surface area contributed by atoms with Crippen LogP contribution in [0.3, 0.4) is 0 Å². The van der Waals surface area contributed by atoms with Gasteiger partial charge in [-0.25, -0.2) is 4.98 Å². The molecule has 2 aromatic carbocycles. The van der Waals surface area contributed by atoms with Crippen LogP contribution in [-0.4, -0.2) is 10.1 Å². The van der Waals surface area contributed by atoms with Crippen molar-refractivity contribution >= 4 is 5.82 Å². The number of nitrogens with zero attached hydrogens (tertiary/aromatic N) is 2. The molecular formula is C23H21N3O2. The quantitative estimate of drug-likeness (QED) is 0.527. The van der Waals surface area contributed by atoms with Crippen LogP contribution in [0, 0.1) is 6.92 Å². The number of aryl methyl sites for hydroxylation is 1. The van der Waals surface area contributed by atoms with E-state index in [9.17, 15) is 0 Å². The second-order valence-corrected chi connectivity index (χ2v) is 6.66. The van der Waals surface area contributed by atoms with Gasteiger partial charge in [0.25, 0.3) is 0 Å². The van der Waals surface area contributed by atoms with Gasteiger partial charge < -0.3 is 15.0 Å². The number of aromatic nitrogens is 2. The molecule has 2 aromatic heterocycles. The number of hydrogen-bond acceptors (Lipinski definition) is 5. The number of nitrogens with two attached hydrogens (primary N) is 1. The van der Waals surface area contributed by atoms with Crippen LogP contribution in [0.25, 0.3) is 11.3 Å². The third kappa shape index (κ3) is 4.20. The average Bonchev–Trinajstić information content (AvgIpc) is 3.16. The van der Waals surface area contributed by atoms with Crippen molar-refractivity contribution in [2.24, 2.45) is 0 Å². The molecule has 2 N–H and O–H groups in total. The third-order valence-corrected chi connectivity index (χ3v) is 4.45. The van der Waals surface area contributed by atoms with Crippen LogP contribution in [0.1, 0.15) is 22.5 Å². The maximum absolute atomic E-state index is 5.99. The van der Waals surface area contributed by atoms with Gasteiger partial charge in [0.05, 0.1) is 11.3 Å². The molecule has 0 aliphatic heterocycles. The predicted octanol–water partition coefficient (Wildman–Crippen LogP) is 4.80. The van der Waals surface area contributed by atoms with Gasteiger partial charge in [0.15, 0.2) is 5.76 Å². The van der Waals surface area contributed by atoms with E-state index in [0.717, 1.165) is 33.8 Å². The SMILES string of the molecule is Cc1ccc(-c2cc(Cc3ccc(OCc4ccccc4)cc3)no2)c(N)n1. The highest BCUT2D eigenvalue weighted by atomic mass is 16.5. The van der Waals surface area contributed by atoms with E-state index >= 15 is 0 Å². The Labute approximate surface area is 163 Å². The van der Waals surface area contributed by atoms with Crippen molar-refractivity contribution in [3.05, 3.63) is 95.3 Å². The molecule has 0 aliphatic rings. The first kappa shape index (κ1) is 17.8. The molecule has 140 valence electrons. The van der Waals surface area contributed by atoms with Gasteiger partial charge >= 0.3 is 0 Å². The fraction of sp³-hybridized carbons (Fsp3) is 0.130. The average molecular weight is 371 g/mol. The first-order chi connectivity index (χ1) is 13.7. The van der Waals surface area contributed by atoms with E-state index in [4.69, 9.17) is 15.0 Å². The summed E-state index contributed by atoms with van der Waals surface area (Å²) < 4.78 is 11.3. The maximum atomic E-state index is 5.99. The van der Waals surface area contributed by atoms with E-state index in [1.54, 1.807) is 0 Å². The second-order valence-electron chi connectivity index (χ2n) is 6.66. The van der Waals surface area contributed by atoms with E-state index in [-0.39, 0.29) is 0 Å². The number of anilines is 1. The normalized spacial score (nSPS) is 10.8. The molecular weight excluding hydrogens is 350 g/mol. The highest BCUT2D eigenvalue weighted by Crippen LogP contribution is 2.26. The Hall–Kier alpha value is -3.60. The number of ether oxygens (including phenoxy) is 1. The van der Waals surface area contributed by atoms with Gasteiger partial charge in [0.1, 0.15) is 18.2 Å². The van der Waals surface area contributed by atoms with Gasteiger partial charge in [-0.1, -0.05) is 47.6 Å². The Bertz CT molecular complexity index is 1060. The number of pyridine rings is 1. The van der Waals surface area contributed by atoms with Crippen LogP contribution in [0.5, 0.6) is 5.75 Å². The Morgan fingerprint density at radius 1 is 0.929 bits per heavy atom. The van der Waals surface area contributed by atoms with Gasteiger partial charge in [0.2, 0.25) is 0 Å². The van der Waals surface area contributed by atoms with Crippen molar-refractivity contribution in [3.8, 4) is 17.1 Å². The smallest absolute Gasteiger partial charge is 0.170 e. The summed E-state index contributed by atoms with van der Waals surface area (Å²) in [5.41, 5.74) is 10.7. The minimum absolute atomic E-state index is 0.447. The van der Waals surface area contributed by atoms with Crippen molar-refractivity contribution in [1.82, 2.24) is 10.1 Å². The van der Waals surface area contributed by atoms with E-state index in [1.165, 1.54) is 0 Å². The van der Waals surface area contributed by atoms with Crippen LogP contribution in [0.4, 0.5) is 5.82 Å². The standard InChI is InChI=1S/C23H21N3O2/c1-16-7-12-21(23(24)25-16)22-14-19(26-28-22)13-17-8-10-20(11-9-17)27-15-18-5-3-2-4-6-18/h2-12,14H,13,15H2,1H3,(H2,24,25). The predicted molar refractivity (Wildman–Crippen MR) is 109 cm³/mol. The van der Waals surface area contributed by atoms with Crippen molar-refractivity contribution in [2.75, 3.05) is 5.73 Å². The van der Waals surface area contributed by atoms with E-state index < -0.39 is 0 Å². The molecule has 0 radical (unpaired) electrons. The molecule has 5 heteroatoms. The van der Waals surface area contributed by atoms with Crippen LogP contribution < -0.4 is 10.5 Å². The molecule has 0 bridgehead atoms. The zero-order valence-corrected chi connectivity index (χ0v) is 15.6. The van der Waals surface area contributed by atoms with E-state index in [0.29, 0.717) is 24.6 Å². The highest BCUT2D eigenvalue weighted by Gasteiger charge is 2.11. The summed E-state index contributed by atoms with van der Waals surface area (Å²) in [6.07, 6.45) is 0.668. The summed E-state index contributed by atoms with van der Waals surface area (Å²) in [5.74, 6) is 1.91. The zero-order chi connectivity index (χ0) is 19.3. The van der Waals surface area contributed by atoms with Crippen molar-refractivity contribution in [1.29, 1.82) is 0 Å². The molecule has 0 aliphatic carbocycles. The molecule has 0 atom stereocenters. The lowest BCUT2D eigenvalue weighted by molar-refractivity contribution is 0.306. The summed E-state index contributed by atoms with van der Waals surface area (Å²) in [7, 11) is 0.